The molecule has 1 heterocycles. The van der Waals surface area contributed by atoms with E-state index in [1.807, 2.05) is 24.3 Å². The maximum absolute atomic E-state index is 12.2. The summed E-state index contributed by atoms with van der Waals surface area (Å²) in [4.78, 5) is 23.9. The van der Waals surface area contributed by atoms with E-state index in [0.29, 0.717) is 15.9 Å². The molecular formula is C16H24Cl2N2O2. The van der Waals surface area contributed by atoms with Crippen LogP contribution in [-0.4, -0.2) is 20.8 Å². The van der Waals surface area contributed by atoms with Gasteiger partial charge in [-0.1, -0.05) is 53.0 Å². The number of benzene rings is 1. The predicted octanol–water partition coefficient (Wildman–Crippen LogP) is 5.26. The van der Waals surface area contributed by atoms with Crippen molar-refractivity contribution in [1.82, 2.24) is 8.84 Å². The van der Waals surface area contributed by atoms with Crippen LogP contribution in [-0.2, 0) is 10.3 Å². The monoisotopic (exact) mass is 346 g/mol. The van der Waals surface area contributed by atoms with Crippen molar-refractivity contribution in [2.45, 2.75) is 53.5 Å². The summed E-state index contributed by atoms with van der Waals surface area (Å²) in [5.74, 6) is -0.107. The van der Waals surface area contributed by atoms with Gasteiger partial charge in [0.15, 0.2) is 5.54 Å². The maximum atomic E-state index is 12.2. The fraction of sp³-hybridized carbons (Fsp3) is 0.500. The van der Waals surface area contributed by atoms with Crippen molar-refractivity contribution in [2.75, 3.05) is 0 Å². The molecule has 2 atom stereocenters. The van der Waals surface area contributed by atoms with Crippen molar-refractivity contribution in [3.8, 4) is 0 Å². The molecule has 4 nitrogen and oxygen atoms in total. The zero-order valence-corrected chi connectivity index (χ0v) is 13.1. The molecular weight excluding hydrogens is 323 g/mol. The Kier molecular flexibility index (Phi) is 6.92. The van der Waals surface area contributed by atoms with E-state index in [2.05, 4.69) is 13.8 Å². The minimum absolute atomic E-state index is 0. The first-order valence-corrected chi connectivity index (χ1v) is 7.12. The number of halogens is 2. The van der Waals surface area contributed by atoms with E-state index in [9.17, 15) is 9.59 Å². The van der Waals surface area contributed by atoms with E-state index < -0.39 is 17.5 Å². The average molecular weight is 347 g/mol. The van der Waals surface area contributed by atoms with Crippen molar-refractivity contribution >= 4 is 35.5 Å². The fourth-order valence-corrected chi connectivity index (χ4v) is 2.76. The second-order valence-corrected chi connectivity index (χ2v) is 5.83. The molecule has 2 rings (SSSR count). The molecule has 1 aromatic carbocycles. The smallest absolute Gasteiger partial charge is 0.270 e. The Labute approximate surface area is 143 Å². The Balaban J connectivity index is 0.00000220. The standard InChI is InChI=1S/C14H16Cl2N2O2.2CH4/c1-4-9(2)10-5-7-11(8-6-10)14(3)12(19)17(15)13(20)18(14)16;;/h5-9H,4H2,1-3H3;2*1H4. The van der Waals surface area contributed by atoms with Crippen LogP contribution in [0.25, 0.3) is 0 Å². The second kappa shape index (κ2) is 7.34. The van der Waals surface area contributed by atoms with E-state index in [0.717, 1.165) is 10.8 Å². The first-order valence-electron chi connectivity index (χ1n) is 6.44. The molecule has 0 radical (unpaired) electrons. The number of imide groups is 1. The predicted molar refractivity (Wildman–Crippen MR) is 91.7 cm³/mol. The van der Waals surface area contributed by atoms with Gasteiger partial charge in [-0.25, -0.2) is 9.21 Å². The Morgan fingerprint density at radius 1 is 1.14 bits per heavy atom. The van der Waals surface area contributed by atoms with Gasteiger partial charge in [0.05, 0.1) is 0 Å². The van der Waals surface area contributed by atoms with Gasteiger partial charge in [-0.3, -0.25) is 4.79 Å². The van der Waals surface area contributed by atoms with Crippen LogP contribution in [0.15, 0.2) is 24.3 Å². The highest BCUT2D eigenvalue weighted by molar-refractivity contribution is 6.39. The molecule has 1 aromatic rings. The summed E-state index contributed by atoms with van der Waals surface area (Å²) in [6.45, 7) is 5.83. The van der Waals surface area contributed by atoms with Crippen LogP contribution in [0.1, 0.15) is 59.1 Å². The Bertz CT molecular complexity index is 548. The van der Waals surface area contributed by atoms with Gasteiger partial charge in [0.25, 0.3) is 5.91 Å². The van der Waals surface area contributed by atoms with Crippen LogP contribution >= 0.6 is 23.6 Å². The zero-order chi connectivity index (χ0) is 15.1. The lowest BCUT2D eigenvalue weighted by molar-refractivity contribution is -0.128. The molecule has 2 unspecified atom stereocenters. The molecule has 1 fully saturated rings. The van der Waals surface area contributed by atoms with Gasteiger partial charge in [0.1, 0.15) is 0 Å². The molecule has 3 amide bonds. The normalized spacial score (nSPS) is 22.2. The number of carbonyl (C=O) groups is 2. The molecule has 1 aliphatic heterocycles. The van der Waals surface area contributed by atoms with Crippen LogP contribution in [0.5, 0.6) is 0 Å². The number of hydrogen-bond acceptors (Lipinski definition) is 2. The topological polar surface area (TPSA) is 40.6 Å². The summed E-state index contributed by atoms with van der Waals surface area (Å²) < 4.78 is 1.37. The molecule has 6 heteroatoms. The molecule has 0 N–H and O–H groups in total. The minimum atomic E-state index is -1.27. The molecule has 0 aromatic heterocycles. The summed E-state index contributed by atoms with van der Waals surface area (Å²) in [5.41, 5.74) is 0.551. The van der Waals surface area contributed by atoms with E-state index in [4.69, 9.17) is 23.6 Å². The van der Waals surface area contributed by atoms with Crippen molar-refractivity contribution in [1.29, 1.82) is 0 Å². The number of rotatable bonds is 3. The number of urea groups is 1. The van der Waals surface area contributed by atoms with Crippen molar-refractivity contribution in [3.05, 3.63) is 35.4 Å². The van der Waals surface area contributed by atoms with Gasteiger partial charge in [-0.05, 0) is 30.4 Å². The van der Waals surface area contributed by atoms with E-state index in [1.165, 1.54) is 5.56 Å². The first-order chi connectivity index (χ1) is 9.33. The van der Waals surface area contributed by atoms with Gasteiger partial charge < -0.3 is 0 Å². The first kappa shape index (κ1) is 20.7. The molecule has 0 saturated carbocycles. The lowest BCUT2D eigenvalue weighted by atomic mass is 9.89. The number of carbonyl (C=O) groups excluding carboxylic acids is 2. The largest absolute Gasteiger partial charge is 0.357 e. The second-order valence-electron chi connectivity index (χ2n) is 5.15. The van der Waals surface area contributed by atoms with Gasteiger partial charge in [0.2, 0.25) is 0 Å². The summed E-state index contributed by atoms with van der Waals surface area (Å²) in [5, 5.41) is 0. The molecule has 0 bridgehead atoms. The molecule has 0 aliphatic carbocycles. The Morgan fingerprint density at radius 2 is 1.64 bits per heavy atom. The fourth-order valence-electron chi connectivity index (χ4n) is 2.24. The number of nitrogens with zero attached hydrogens (tertiary/aromatic N) is 2. The highest BCUT2D eigenvalue weighted by atomic mass is 35.5. The van der Waals surface area contributed by atoms with Gasteiger partial charge >= 0.3 is 6.03 Å². The quantitative estimate of drug-likeness (QED) is 0.553. The van der Waals surface area contributed by atoms with E-state index >= 15 is 0 Å². The van der Waals surface area contributed by atoms with Crippen molar-refractivity contribution in [3.63, 3.8) is 0 Å². The number of amides is 3. The molecule has 22 heavy (non-hydrogen) atoms. The third kappa shape index (κ3) is 2.95. The highest BCUT2D eigenvalue weighted by Gasteiger charge is 2.55. The number of hydrogen-bond donors (Lipinski definition) is 0. The van der Waals surface area contributed by atoms with Crippen LogP contribution in [0.3, 0.4) is 0 Å². The highest BCUT2D eigenvalue weighted by Crippen LogP contribution is 2.39. The molecule has 1 saturated heterocycles. The summed E-state index contributed by atoms with van der Waals surface area (Å²) in [7, 11) is 0. The van der Waals surface area contributed by atoms with E-state index in [1.54, 1.807) is 6.92 Å². The maximum Gasteiger partial charge on any atom is 0.357 e. The molecule has 0 spiro atoms. The van der Waals surface area contributed by atoms with Crippen molar-refractivity contribution in [2.24, 2.45) is 0 Å². The summed E-state index contributed by atoms with van der Waals surface area (Å²) in [6.07, 6.45) is 1.03. The van der Waals surface area contributed by atoms with E-state index in [-0.39, 0.29) is 14.9 Å². The van der Waals surface area contributed by atoms with Crippen LogP contribution in [0.4, 0.5) is 4.79 Å². The lowest BCUT2D eigenvalue weighted by Crippen LogP contribution is -2.39. The summed E-state index contributed by atoms with van der Waals surface area (Å²) >= 11 is 11.6. The van der Waals surface area contributed by atoms with Crippen molar-refractivity contribution < 1.29 is 9.59 Å². The lowest BCUT2D eigenvalue weighted by Gasteiger charge is -2.26. The minimum Gasteiger partial charge on any atom is -0.270 e. The van der Waals surface area contributed by atoms with Crippen LogP contribution < -0.4 is 0 Å². The third-order valence-corrected chi connectivity index (χ3v) is 4.76. The summed E-state index contributed by atoms with van der Waals surface area (Å²) in [6, 6.07) is 6.81. The average Bonchev–Trinajstić information content (AvgIpc) is 2.63. The zero-order valence-electron chi connectivity index (χ0n) is 11.6. The Morgan fingerprint density at radius 3 is 2.00 bits per heavy atom. The Hall–Kier alpha value is -1.26. The van der Waals surface area contributed by atoms with Gasteiger partial charge in [-0.2, -0.15) is 4.42 Å². The van der Waals surface area contributed by atoms with Crippen LogP contribution in [0.2, 0.25) is 0 Å². The molecule has 124 valence electrons. The van der Waals surface area contributed by atoms with Crippen LogP contribution in [0, 0.1) is 0 Å². The third-order valence-electron chi connectivity index (χ3n) is 3.98. The van der Waals surface area contributed by atoms with Gasteiger partial charge in [-0.15, -0.1) is 0 Å². The SMILES string of the molecule is C.C.CCC(C)c1ccc(C2(C)C(=O)N(Cl)C(=O)N2Cl)cc1. The molecule has 1 aliphatic rings. The van der Waals surface area contributed by atoms with Gasteiger partial charge in [0, 0.05) is 23.6 Å².